The van der Waals surface area contributed by atoms with Crippen molar-refractivity contribution in [1.29, 1.82) is 5.41 Å². The minimum atomic E-state index is 0.0316. The molecular formula is C15H23BrN2O. The number of nitrogen functional groups attached to an aromatic ring is 1. The molecule has 0 saturated carbocycles. The molecule has 1 rings (SSSR count). The summed E-state index contributed by atoms with van der Waals surface area (Å²) in [6.07, 6.45) is 4.76. The van der Waals surface area contributed by atoms with Crippen LogP contribution in [0.25, 0.3) is 0 Å². The number of nitrogens with two attached hydrogens (primary N) is 1. The first-order valence-electron chi connectivity index (χ1n) is 6.85. The van der Waals surface area contributed by atoms with Gasteiger partial charge in [-0.25, -0.2) is 0 Å². The SMILES string of the molecule is CCCCC(CC)COc1cccc(Br)c1C(=N)N. The maximum absolute atomic E-state index is 7.63. The molecule has 0 radical (unpaired) electrons. The van der Waals surface area contributed by atoms with Crippen molar-refractivity contribution >= 4 is 21.8 Å². The second kappa shape index (κ2) is 8.20. The number of halogens is 1. The van der Waals surface area contributed by atoms with Gasteiger partial charge in [0.2, 0.25) is 0 Å². The summed E-state index contributed by atoms with van der Waals surface area (Å²) in [6.45, 7) is 5.08. The van der Waals surface area contributed by atoms with E-state index in [-0.39, 0.29) is 5.84 Å². The smallest absolute Gasteiger partial charge is 0.131 e. The zero-order valence-corrected chi connectivity index (χ0v) is 13.3. The summed E-state index contributed by atoms with van der Waals surface area (Å²) >= 11 is 3.41. The van der Waals surface area contributed by atoms with Crippen LogP contribution >= 0.6 is 15.9 Å². The largest absolute Gasteiger partial charge is 0.492 e. The highest BCUT2D eigenvalue weighted by Gasteiger charge is 2.13. The molecular weight excluding hydrogens is 304 g/mol. The fourth-order valence-corrected chi connectivity index (χ4v) is 2.55. The van der Waals surface area contributed by atoms with Crippen LogP contribution in [-0.2, 0) is 0 Å². The Morgan fingerprint density at radius 2 is 2.16 bits per heavy atom. The maximum Gasteiger partial charge on any atom is 0.131 e. The van der Waals surface area contributed by atoms with Gasteiger partial charge in [-0.05, 0) is 40.4 Å². The highest BCUT2D eigenvalue weighted by atomic mass is 79.9. The van der Waals surface area contributed by atoms with Crippen molar-refractivity contribution in [3.05, 3.63) is 28.2 Å². The summed E-state index contributed by atoms with van der Waals surface area (Å²) in [4.78, 5) is 0. The lowest BCUT2D eigenvalue weighted by atomic mass is 10.0. The van der Waals surface area contributed by atoms with E-state index >= 15 is 0 Å². The van der Waals surface area contributed by atoms with Gasteiger partial charge >= 0.3 is 0 Å². The standard InChI is InChI=1S/C15H23BrN2O/c1-3-5-7-11(4-2)10-19-13-9-6-8-12(16)14(13)15(17)18/h6,8-9,11H,3-5,7,10H2,1-2H3,(H3,17,18). The van der Waals surface area contributed by atoms with E-state index < -0.39 is 0 Å². The van der Waals surface area contributed by atoms with Crippen LogP contribution in [0.4, 0.5) is 0 Å². The first kappa shape index (κ1) is 16.0. The molecule has 3 nitrogen and oxygen atoms in total. The van der Waals surface area contributed by atoms with E-state index in [0.29, 0.717) is 23.8 Å². The van der Waals surface area contributed by atoms with Gasteiger partial charge in [0.05, 0.1) is 12.2 Å². The Balaban J connectivity index is 2.71. The number of hydrogen-bond donors (Lipinski definition) is 2. The number of ether oxygens (including phenoxy) is 1. The molecule has 0 aromatic heterocycles. The van der Waals surface area contributed by atoms with Crippen LogP contribution < -0.4 is 10.5 Å². The molecule has 1 unspecified atom stereocenters. The number of benzene rings is 1. The molecule has 1 aromatic rings. The lowest BCUT2D eigenvalue weighted by Crippen LogP contribution is -2.17. The number of unbranched alkanes of at least 4 members (excludes halogenated alkanes) is 1. The van der Waals surface area contributed by atoms with Gasteiger partial charge in [0.1, 0.15) is 11.6 Å². The summed E-state index contributed by atoms with van der Waals surface area (Å²) < 4.78 is 6.68. The van der Waals surface area contributed by atoms with E-state index in [0.717, 1.165) is 10.9 Å². The normalized spacial score (nSPS) is 12.2. The zero-order valence-electron chi connectivity index (χ0n) is 11.7. The van der Waals surface area contributed by atoms with Crippen molar-refractivity contribution in [2.75, 3.05) is 6.61 Å². The Kier molecular flexibility index (Phi) is 6.92. The van der Waals surface area contributed by atoms with Crippen molar-refractivity contribution in [2.45, 2.75) is 39.5 Å². The Morgan fingerprint density at radius 1 is 1.42 bits per heavy atom. The summed E-state index contributed by atoms with van der Waals surface area (Å²) in [6, 6.07) is 5.64. The van der Waals surface area contributed by atoms with Crippen LogP contribution in [0.2, 0.25) is 0 Å². The molecule has 4 heteroatoms. The molecule has 0 saturated heterocycles. The Labute approximate surface area is 124 Å². The van der Waals surface area contributed by atoms with E-state index in [9.17, 15) is 0 Å². The molecule has 0 fully saturated rings. The summed E-state index contributed by atoms with van der Waals surface area (Å²) in [5.41, 5.74) is 6.25. The molecule has 3 N–H and O–H groups in total. The molecule has 19 heavy (non-hydrogen) atoms. The molecule has 0 amide bonds. The average molecular weight is 327 g/mol. The van der Waals surface area contributed by atoms with E-state index in [1.165, 1.54) is 19.3 Å². The molecule has 1 aromatic carbocycles. The van der Waals surface area contributed by atoms with Gasteiger partial charge in [-0.3, -0.25) is 5.41 Å². The van der Waals surface area contributed by atoms with Gasteiger partial charge in [-0.1, -0.05) is 39.2 Å². The van der Waals surface area contributed by atoms with Gasteiger partial charge < -0.3 is 10.5 Å². The first-order chi connectivity index (χ1) is 9.10. The maximum atomic E-state index is 7.63. The van der Waals surface area contributed by atoms with Gasteiger partial charge in [-0.2, -0.15) is 0 Å². The fraction of sp³-hybridized carbons (Fsp3) is 0.533. The summed E-state index contributed by atoms with van der Waals surface area (Å²) in [7, 11) is 0. The minimum absolute atomic E-state index is 0.0316. The Hall–Kier alpha value is -1.03. The van der Waals surface area contributed by atoms with Crippen molar-refractivity contribution in [2.24, 2.45) is 11.7 Å². The third kappa shape index (κ3) is 4.86. The van der Waals surface area contributed by atoms with Crippen LogP contribution in [0.3, 0.4) is 0 Å². The average Bonchev–Trinajstić information content (AvgIpc) is 2.38. The molecule has 0 heterocycles. The van der Waals surface area contributed by atoms with Crippen LogP contribution in [0.15, 0.2) is 22.7 Å². The Morgan fingerprint density at radius 3 is 2.74 bits per heavy atom. The molecule has 0 spiro atoms. The predicted octanol–water partition coefficient (Wildman–Crippen LogP) is 4.33. The van der Waals surface area contributed by atoms with Gasteiger partial charge in [-0.15, -0.1) is 0 Å². The first-order valence-corrected chi connectivity index (χ1v) is 7.65. The van der Waals surface area contributed by atoms with E-state index in [2.05, 4.69) is 29.8 Å². The topological polar surface area (TPSA) is 59.1 Å². The van der Waals surface area contributed by atoms with Crippen LogP contribution in [0.1, 0.15) is 45.1 Å². The highest BCUT2D eigenvalue weighted by Crippen LogP contribution is 2.27. The van der Waals surface area contributed by atoms with Crippen molar-refractivity contribution < 1.29 is 4.74 Å². The van der Waals surface area contributed by atoms with E-state index in [1.807, 2.05) is 18.2 Å². The van der Waals surface area contributed by atoms with Gasteiger partial charge in [0, 0.05) is 4.47 Å². The molecule has 0 aliphatic carbocycles. The van der Waals surface area contributed by atoms with Crippen molar-refractivity contribution in [1.82, 2.24) is 0 Å². The minimum Gasteiger partial charge on any atom is -0.492 e. The van der Waals surface area contributed by atoms with Crippen molar-refractivity contribution in [3.63, 3.8) is 0 Å². The lowest BCUT2D eigenvalue weighted by molar-refractivity contribution is 0.233. The molecule has 0 aliphatic rings. The second-order valence-corrected chi connectivity index (χ2v) is 5.61. The molecule has 0 aliphatic heterocycles. The lowest BCUT2D eigenvalue weighted by Gasteiger charge is -2.17. The quantitative estimate of drug-likeness (QED) is 0.551. The molecule has 1 atom stereocenters. The number of amidine groups is 1. The molecule has 106 valence electrons. The van der Waals surface area contributed by atoms with E-state index in [1.54, 1.807) is 0 Å². The highest BCUT2D eigenvalue weighted by molar-refractivity contribution is 9.10. The predicted molar refractivity (Wildman–Crippen MR) is 84.0 cm³/mol. The molecule has 0 bridgehead atoms. The number of rotatable bonds is 8. The summed E-state index contributed by atoms with van der Waals surface area (Å²) in [5, 5.41) is 7.63. The number of nitrogens with one attached hydrogen (secondary N) is 1. The van der Waals surface area contributed by atoms with E-state index in [4.69, 9.17) is 15.9 Å². The third-order valence-corrected chi connectivity index (χ3v) is 3.92. The monoisotopic (exact) mass is 326 g/mol. The van der Waals surface area contributed by atoms with Gasteiger partial charge in [0.25, 0.3) is 0 Å². The van der Waals surface area contributed by atoms with Crippen molar-refractivity contribution in [3.8, 4) is 5.75 Å². The van der Waals surface area contributed by atoms with Crippen LogP contribution in [-0.4, -0.2) is 12.4 Å². The second-order valence-electron chi connectivity index (χ2n) is 4.75. The number of hydrogen-bond acceptors (Lipinski definition) is 2. The van der Waals surface area contributed by atoms with Crippen LogP contribution in [0.5, 0.6) is 5.75 Å². The Bertz CT molecular complexity index is 421. The van der Waals surface area contributed by atoms with Gasteiger partial charge in [0.15, 0.2) is 0 Å². The fourth-order valence-electron chi connectivity index (χ4n) is 1.99. The van der Waals surface area contributed by atoms with Crippen LogP contribution in [0, 0.1) is 11.3 Å². The summed E-state index contributed by atoms with van der Waals surface area (Å²) in [5.74, 6) is 1.29. The third-order valence-electron chi connectivity index (χ3n) is 3.26. The zero-order chi connectivity index (χ0) is 14.3.